The number of piperidine rings is 1. The summed E-state index contributed by atoms with van der Waals surface area (Å²) in [5.41, 5.74) is 1.88. The Bertz CT molecular complexity index is 455. The summed E-state index contributed by atoms with van der Waals surface area (Å²) in [7, 11) is 0. The van der Waals surface area contributed by atoms with Crippen molar-refractivity contribution >= 4 is 21.8 Å². The summed E-state index contributed by atoms with van der Waals surface area (Å²) < 4.78 is 0.924. The maximum absolute atomic E-state index is 12.7. The maximum atomic E-state index is 12.7. The Morgan fingerprint density at radius 3 is 2.74 bits per heavy atom. The number of aryl methyl sites for hydroxylation is 1. The summed E-state index contributed by atoms with van der Waals surface area (Å²) in [4.78, 5) is 14.7. The number of halogens is 1. The molecule has 0 aliphatic carbocycles. The second-order valence-electron chi connectivity index (χ2n) is 5.01. The molecule has 1 aliphatic heterocycles. The summed E-state index contributed by atoms with van der Waals surface area (Å²) in [6.45, 7) is 6.85. The number of benzene rings is 1. The SMILES string of the molecule is CCN(C(=O)c1cccc(C)c1Br)C1CCNCC1. The van der Waals surface area contributed by atoms with Crippen molar-refractivity contribution in [2.24, 2.45) is 0 Å². The van der Waals surface area contributed by atoms with Crippen LogP contribution in [-0.2, 0) is 0 Å². The minimum atomic E-state index is 0.143. The molecular formula is C15H21BrN2O. The lowest BCUT2D eigenvalue weighted by Crippen LogP contribution is -2.46. The second kappa shape index (κ2) is 6.53. The summed E-state index contributed by atoms with van der Waals surface area (Å²) in [6.07, 6.45) is 2.09. The van der Waals surface area contributed by atoms with Gasteiger partial charge in [-0.15, -0.1) is 0 Å². The molecule has 0 radical (unpaired) electrons. The summed E-state index contributed by atoms with van der Waals surface area (Å²) in [6, 6.07) is 6.24. The molecule has 1 fully saturated rings. The van der Waals surface area contributed by atoms with Gasteiger partial charge in [0.05, 0.1) is 5.56 Å². The van der Waals surface area contributed by atoms with E-state index in [4.69, 9.17) is 0 Å². The first-order valence-electron chi connectivity index (χ1n) is 6.92. The van der Waals surface area contributed by atoms with Crippen molar-refractivity contribution in [2.45, 2.75) is 32.7 Å². The Hall–Kier alpha value is -0.870. The zero-order valence-electron chi connectivity index (χ0n) is 11.6. The fourth-order valence-electron chi connectivity index (χ4n) is 2.65. The third-order valence-electron chi connectivity index (χ3n) is 3.77. The van der Waals surface area contributed by atoms with Crippen LogP contribution in [0.3, 0.4) is 0 Å². The summed E-state index contributed by atoms with van der Waals surface area (Å²) >= 11 is 3.54. The molecule has 1 aliphatic rings. The average Bonchev–Trinajstić information content (AvgIpc) is 2.44. The zero-order chi connectivity index (χ0) is 13.8. The molecule has 1 N–H and O–H groups in total. The number of rotatable bonds is 3. The van der Waals surface area contributed by atoms with Gasteiger partial charge in [0.2, 0.25) is 0 Å². The summed E-state index contributed by atoms with van der Waals surface area (Å²) in [5, 5.41) is 3.35. The first kappa shape index (κ1) is 14.5. The van der Waals surface area contributed by atoms with E-state index in [0.29, 0.717) is 6.04 Å². The molecule has 1 saturated heterocycles. The van der Waals surface area contributed by atoms with Crippen LogP contribution in [0.25, 0.3) is 0 Å². The zero-order valence-corrected chi connectivity index (χ0v) is 13.2. The van der Waals surface area contributed by atoms with Crippen LogP contribution >= 0.6 is 15.9 Å². The Morgan fingerprint density at radius 1 is 1.42 bits per heavy atom. The summed E-state index contributed by atoms with van der Waals surface area (Å²) in [5.74, 6) is 0.143. The predicted molar refractivity (Wildman–Crippen MR) is 81.5 cm³/mol. The second-order valence-corrected chi connectivity index (χ2v) is 5.80. The van der Waals surface area contributed by atoms with E-state index in [1.54, 1.807) is 0 Å². The van der Waals surface area contributed by atoms with Crippen molar-refractivity contribution < 1.29 is 4.79 Å². The lowest BCUT2D eigenvalue weighted by atomic mass is 10.0. The van der Waals surface area contributed by atoms with Gasteiger partial charge in [-0.1, -0.05) is 12.1 Å². The fraction of sp³-hybridized carbons (Fsp3) is 0.533. The highest BCUT2D eigenvalue weighted by Gasteiger charge is 2.26. The largest absolute Gasteiger partial charge is 0.336 e. The van der Waals surface area contributed by atoms with Gasteiger partial charge in [0.15, 0.2) is 0 Å². The molecule has 104 valence electrons. The van der Waals surface area contributed by atoms with Crippen molar-refractivity contribution in [3.63, 3.8) is 0 Å². The molecule has 0 spiro atoms. The molecular weight excluding hydrogens is 304 g/mol. The van der Waals surface area contributed by atoms with Crippen LogP contribution in [-0.4, -0.2) is 36.5 Å². The van der Waals surface area contributed by atoms with Gasteiger partial charge in [-0.05, 0) is 67.3 Å². The molecule has 1 aromatic carbocycles. The average molecular weight is 325 g/mol. The third-order valence-corrected chi connectivity index (χ3v) is 4.83. The Morgan fingerprint density at radius 2 is 2.11 bits per heavy atom. The Kier molecular flexibility index (Phi) is 4.99. The van der Waals surface area contributed by atoms with Gasteiger partial charge in [-0.3, -0.25) is 4.79 Å². The molecule has 0 unspecified atom stereocenters. The number of amides is 1. The van der Waals surface area contributed by atoms with Gasteiger partial charge in [-0.25, -0.2) is 0 Å². The van der Waals surface area contributed by atoms with Gasteiger partial charge >= 0.3 is 0 Å². The highest BCUT2D eigenvalue weighted by atomic mass is 79.9. The van der Waals surface area contributed by atoms with E-state index < -0.39 is 0 Å². The van der Waals surface area contributed by atoms with Gasteiger partial charge < -0.3 is 10.2 Å². The highest BCUT2D eigenvalue weighted by molar-refractivity contribution is 9.10. The van der Waals surface area contributed by atoms with Gasteiger partial charge in [0.1, 0.15) is 0 Å². The number of hydrogen-bond donors (Lipinski definition) is 1. The van der Waals surface area contributed by atoms with Crippen LogP contribution < -0.4 is 5.32 Å². The van der Waals surface area contributed by atoms with Crippen LogP contribution in [0, 0.1) is 6.92 Å². The van der Waals surface area contributed by atoms with Gasteiger partial charge in [-0.2, -0.15) is 0 Å². The molecule has 0 saturated carbocycles. The quantitative estimate of drug-likeness (QED) is 0.927. The molecule has 19 heavy (non-hydrogen) atoms. The van der Waals surface area contributed by atoms with Crippen molar-refractivity contribution in [3.05, 3.63) is 33.8 Å². The third kappa shape index (κ3) is 3.18. The lowest BCUT2D eigenvalue weighted by molar-refractivity contribution is 0.0655. The topological polar surface area (TPSA) is 32.3 Å². The van der Waals surface area contributed by atoms with Gasteiger partial charge in [0.25, 0.3) is 5.91 Å². The number of hydrogen-bond acceptors (Lipinski definition) is 2. The number of nitrogens with one attached hydrogen (secondary N) is 1. The first-order chi connectivity index (χ1) is 9.15. The van der Waals surface area contributed by atoms with Crippen molar-refractivity contribution in [3.8, 4) is 0 Å². The van der Waals surface area contributed by atoms with Crippen LogP contribution in [0.4, 0.5) is 0 Å². The van der Waals surface area contributed by atoms with E-state index in [1.807, 2.05) is 30.0 Å². The van der Waals surface area contributed by atoms with E-state index in [0.717, 1.165) is 48.1 Å². The molecule has 1 amide bonds. The van der Waals surface area contributed by atoms with E-state index in [1.165, 1.54) is 0 Å². The molecule has 4 heteroatoms. The Labute approximate surface area is 123 Å². The fourth-order valence-corrected chi connectivity index (χ4v) is 3.09. The van der Waals surface area contributed by atoms with Crippen LogP contribution in [0.15, 0.2) is 22.7 Å². The molecule has 2 rings (SSSR count). The number of carbonyl (C=O) groups excluding carboxylic acids is 1. The minimum Gasteiger partial charge on any atom is -0.336 e. The molecule has 1 heterocycles. The first-order valence-corrected chi connectivity index (χ1v) is 7.71. The molecule has 1 aromatic rings. The van der Waals surface area contributed by atoms with Crippen LogP contribution in [0.5, 0.6) is 0 Å². The normalized spacial score (nSPS) is 16.4. The maximum Gasteiger partial charge on any atom is 0.255 e. The van der Waals surface area contributed by atoms with Crippen LogP contribution in [0.1, 0.15) is 35.7 Å². The van der Waals surface area contributed by atoms with E-state index >= 15 is 0 Å². The minimum absolute atomic E-state index is 0.143. The monoisotopic (exact) mass is 324 g/mol. The lowest BCUT2D eigenvalue weighted by Gasteiger charge is -2.34. The van der Waals surface area contributed by atoms with E-state index in [9.17, 15) is 4.79 Å². The standard InChI is InChI=1S/C15H21BrN2O/c1-3-18(12-7-9-17-10-8-12)15(19)13-6-4-5-11(2)14(13)16/h4-6,12,17H,3,7-10H2,1-2H3. The number of nitrogens with zero attached hydrogens (tertiary/aromatic N) is 1. The molecule has 0 aromatic heterocycles. The van der Waals surface area contributed by atoms with Gasteiger partial charge in [0, 0.05) is 17.1 Å². The van der Waals surface area contributed by atoms with E-state index in [2.05, 4.69) is 28.2 Å². The molecule has 0 bridgehead atoms. The predicted octanol–water partition coefficient (Wildman–Crippen LogP) is 2.97. The van der Waals surface area contributed by atoms with Crippen LogP contribution in [0.2, 0.25) is 0 Å². The molecule has 0 atom stereocenters. The highest BCUT2D eigenvalue weighted by Crippen LogP contribution is 2.24. The van der Waals surface area contributed by atoms with Crippen molar-refractivity contribution in [1.29, 1.82) is 0 Å². The smallest absolute Gasteiger partial charge is 0.255 e. The van der Waals surface area contributed by atoms with E-state index in [-0.39, 0.29) is 5.91 Å². The van der Waals surface area contributed by atoms with Crippen molar-refractivity contribution in [2.75, 3.05) is 19.6 Å². The number of carbonyl (C=O) groups is 1. The Balaban J connectivity index is 2.22. The molecule has 3 nitrogen and oxygen atoms in total. The van der Waals surface area contributed by atoms with Crippen molar-refractivity contribution in [1.82, 2.24) is 10.2 Å².